The zero-order valence-electron chi connectivity index (χ0n) is 14.0. The highest BCUT2D eigenvalue weighted by Crippen LogP contribution is 2.38. The summed E-state index contributed by atoms with van der Waals surface area (Å²) in [6.45, 7) is 1.90. The Labute approximate surface area is 154 Å². The van der Waals surface area contributed by atoms with E-state index in [1.165, 1.54) is 5.56 Å². The van der Waals surface area contributed by atoms with Gasteiger partial charge in [-0.3, -0.25) is 0 Å². The zero-order chi connectivity index (χ0) is 16.8. The van der Waals surface area contributed by atoms with E-state index in [0.29, 0.717) is 12.2 Å². The van der Waals surface area contributed by atoms with Gasteiger partial charge in [0.25, 0.3) is 0 Å². The Morgan fingerprint density at radius 2 is 1.72 bits per heavy atom. The summed E-state index contributed by atoms with van der Waals surface area (Å²) < 4.78 is 5.88. The van der Waals surface area contributed by atoms with E-state index in [2.05, 4.69) is 35.7 Å². The third-order valence-corrected chi connectivity index (χ3v) is 4.78. The Bertz CT molecular complexity index is 692. The fourth-order valence-electron chi connectivity index (χ4n) is 3.47. The third kappa shape index (κ3) is 4.66. The molecule has 0 radical (unpaired) electrons. The molecular weight excluding hydrogens is 336 g/mol. The maximum Gasteiger partial charge on any atom is 0.185 e. The van der Waals surface area contributed by atoms with Crippen LogP contribution in [0.3, 0.4) is 0 Å². The van der Waals surface area contributed by atoms with Gasteiger partial charge < -0.3 is 15.2 Å². The van der Waals surface area contributed by atoms with E-state index in [0.717, 1.165) is 25.9 Å². The number of ether oxygens (including phenoxy) is 1. The van der Waals surface area contributed by atoms with Crippen molar-refractivity contribution in [2.75, 3.05) is 13.1 Å². The van der Waals surface area contributed by atoms with E-state index >= 15 is 0 Å². The third-order valence-electron chi connectivity index (χ3n) is 4.78. The van der Waals surface area contributed by atoms with Gasteiger partial charge >= 0.3 is 0 Å². The molecule has 0 bridgehead atoms. The van der Waals surface area contributed by atoms with Crippen LogP contribution in [0.15, 0.2) is 54.6 Å². The first kappa shape index (κ1) is 19.1. The summed E-state index contributed by atoms with van der Waals surface area (Å²) in [5.74, 6) is 0.798. The summed E-state index contributed by atoms with van der Waals surface area (Å²) in [5.41, 5.74) is 1.24. The van der Waals surface area contributed by atoms with Crippen LogP contribution in [0.5, 0.6) is 11.5 Å². The number of nitrogens with one attached hydrogen (secondary N) is 1. The van der Waals surface area contributed by atoms with Crippen molar-refractivity contribution in [1.29, 1.82) is 5.26 Å². The molecule has 0 aromatic heterocycles. The molecule has 3 rings (SSSR count). The average Bonchev–Trinajstić information content (AvgIpc) is 2.64. The Morgan fingerprint density at radius 3 is 2.32 bits per heavy atom. The highest BCUT2D eigenvalue weighted by Gasteiger charge is 2.37. The average molecular weight is 359 g/mol. The molecule has 1 unspecified atom stereocenters. The number of hydrogen-bond donors (Lipinski definition) is 2. The highest BCUT2D eigenvalue weighted by atomic mass is 35.5. The summed E-state index contributed by atoms with van der Waals surface area (Å²) in [7, 11) is 0. The van der Waals surface area contributed by atoms with Crippen LogP contribution in [0.25, 0.3) is 0 Å². The minimum Gasteiger partial charge on any atom is -0.508 e. The number of nitrogens with zero attached hydrogens (tertiary/aromatic N) is 1. The molecule has 0 aliphatic carbocycles. The van der Waals surface area contributed by atoms with Crippen LogP contribution in [-0.4, -0.2) is 24.3 Å². The predicted molar refractivity (Wildman–Crippen MR) is 100 cm³/mol. The van der Waals surface area contributed by atoms with Crippen LogP contribution in [-0.2, 0) is 5.41 Å². The van der Waals surface area contributed by atoms with Crippen LogP contribution in [0.4, 0.5) is 0 Å². The number of hydrogen-bond acceptors (Lipinski definition) is 4. The van der Waals surface area contributed by atoms with Gasteiger partial charge in [-0.1, -0.05) is 30.3 Å². The Morgan fingerprint density at radius 1 is 1.08 bits per heavy atom. The van der Waals surface area contributed by atoms with Gasteiger partial charge in [0.2, 0.25) is 0 Å². The number of piperidine rings is 1. The van der Waals surface area contributed by atoms with Crippen LogP contribution >= 0.6 is 12.4 Å². The molecule has 1 fully saturated rings. The number of benzene rings is 2. The van der Waals surface area contributed by atoms with Crippen molar-refractivity contribution in [2.24, 2.45) is 0 Å². The second-order valence-electron chi connectivity index (χ2n) is 6.33. The summed E-state index contributed by atoms with van der Waals surface area (Å²) >= 11 is 0. The molecule has 0 spiro atoms. The van der Waals surface area contributed by atoms with Crippen LogP contribution in [0, 0.1) is 11.3 Å². The van der Waals surface area contributed by atoms with Gasteiger partial charge in [-0.05, 0) is 55.8 Å². The quantitative estimate of drug-likeness (QED) is 0.853. The van der Waals surface area contributed by atoms with Crippen LogP contribution in [0.1, 0.15) is 24.8 Å². The lowest BCUT2D eigenvalue weighted by Gasteiger charge is -2.39. The zero-order valence-corrected chi connectivity index (χ0v) is 14.8. The first-order valence-corrected chi connectivity index (χ1v) is 8.33. The Balaban J connectivity index is 0.00000225. The molecule has 1 aliphatic heterocycles. The van der Waals surface area contributed by atoms with Gasteiger partial charge in [0.05, 0.1) is 0 Å². The minimum absolute atomic E-state index is 0. The summed E-state index contributed by atoms with van der Waals surface area (Å²) in [6.07, 6.45) is 2.13. The van der Waals surface area contributed by atoms with Gasteiger partial charge in [-0.2, -0.15) is 5.26 Å². The normalized spacial score (nSPS) is 16.9. The summed E-state index contributed by atoms with van der Waals surface area (Å²) in [4.78, 5) is 0. The largest absolute Gasteiger partial charge is 0.508 e. The van der Waals surface area contributed by atoms with Crippen molar-refractivity contribution >= 4 is 12.4 Å². The standard InChI is InChI=1S/C20H22N2O2.ClH/c21-15-19(24-18-8-6-17(23)7-9-18)14-20(10-12-22-13-11-20)16-4-2-1-3-5-16;/h1-9,19,22-23H,10-14H2;1H. The number of aromatic hydroxyl groups is 1. The van der Waals surface area contributed by atoms with E-state index in [9.17, 15) is 10.4 Å². The van der Waals surface area contributed by atoms with E-state index in [-0.39, 0.29) is 23.6 Å². The van der Waals surface area contributed by atoms with Crippen LogP contribution in [0.2, 0.25) is 0 Å². The van der Waals surface area contributed by atoms with E-state index in [1.807, 2.05) is 6.07 Å². The molecule has 0 amide bonds. The lowest BCUT2D eigenvalue weighted by Crippen LogP contribution is -2.42. The van der Waals surface area contributed by atoms with Crippen molar-refractivity contribution < 1.29 is 9.84 Å². The van der Waals surface area contributed by atoms with Gasteiger partial charge in [-0.15, -0.1) is 12.4 Å². The lowest BCUT2D eigenvalue weighted by atomic mass is 9.69. The topological polar surface area (TPSA) is 65.3 Å². The minimum atomic E-state index is -0.521. The number of nitriles is 1. The number of halogens is 1. The second kappa shape index (κ2) is 8.75. The van der Waals surface area contributed by atoms with Gasteiger partial charge in [0.15, 0.2) is 6.10 Å². The lowest BCUT2D eigenvalue weighted by molar-refractivity contribution is 0.174. The Hall–Kier alpha value is -2.22. The van der Waals surface area contributed by atoms with Crippen molar-refractivity contribution in [3.05, 3.63) is 60.2 Å². The van der Waals surface area contributed by atoms with Gasteiger partial charge in [0.1, 0.15) is 17.6 Å². The van der Waals surface area contributed by atoms with Crippen molar-refractivity contribution in [2.45, 2.75) is 30.8 Å². The number of phenols is 1. The molecule has 1 heterocycles. The van der Waals surface area contributed by atoms with Crippen molar-refractivity contribution in [3.63, 3.8) is 0 Å². The molecule has 1 aliphatic rings. The Kier molecular flexibility index (Phi) is 6.69. The molecule has 2 N–H and O–H groups in total. The van der Waals surface area contributed by atoms with E-state index < -0.39 is 6.10 Å². The van der Waals surface area contributed by atoms with Crippen LogP contribution < -0.4 is 10.1 Å². The molecule has 4 nitrogen and oxygen atoms in total. The molecule has 1 atom stereocenters. The number of phenolic OH excluding ortho intramolecular Hbond substituents is 1. The van der Waals surface area contributed by atoms with E-state index in [4.69, 9.17) is 4.74 Å². The molecule has 5 heteroatoms. The summed E-state index contributed by atoms with van der Waals surface area (Å²) in [6, 6.07) is 19.3. The molecular formula is C20H23ClN2O2. The molecule has 2 aromatic rings. The van der Waals surface area contributed by atoms with Gasteiger partial charge in [0, 0.05) is 11.8 Å². The first-order valence-electron chi connectivity index (χ1n) is 8.33. The predicted octanol–water partition coefficient (Wildman–Crippen LogP) is 3.80. The van der Waals surface area contributed by atoms with Crippen molar-refractivity contribution in [3.8, 4) is 17.6 Å². The molecule has 132 valence electrons. The smallest absolute Gasteiger partial charge is 0.185 e. The molecule has 25 heavy (non-hydrogen) atoms. The second-order valence-corrected chi connectivity index (χ2v) is 6.33. The number of rotatable bonds is 5. The van der Waals surface area contributed by atoms with Crippen molar-refractivity contribution in [1.82, 2.24) is 5.32 Å². The first-order chi connectivity index (χ1) is 11.7. The maximum absolute atomic E-state index is 9.59. The maximum atomic E-state index is 9.59. The summed E-state index contributed by atoms with van der Waals surface area (Å²) in [5, 5.41) is 22.4. The van der Waals surface area contributed by atoms with Gasteiger partial charge in [-0.25, -0.2) is 0 Å². The molecule has 2 aromatic carbocycles. The van der Waals surface area contributed by atoms with E-state index in [1.54, 1.807) is 24.3 Å². The SMILES string of the molecule is Cl.N#CC(CC1(c2ccccc2)CCNCC1)Oc1ccc(O)cc1. The molecule has 1 saturated heterocycles. The highest BCUT2D eigenvalue weighted by molar-refractivity contribution is 5.85. The molecule has 0 saturated carbocycles. The fraction of sp³-hybridized carbons (Fsp3) is 0.350. The monoisotopic (exact) mass is 358 g/mol. The fourth-order valence-corrected chi connectivity index (χ4v) is 3.47.